The molecule has 1 N–H and O–H groups in total. The fourth-order valence-electron chi connectivity index (χ4n) is 1.62. The summed E-state index contributed by atoms with van der Waals surface area (Å²) in [5.74, 6) is -1.65. The largest absolute Gasteiger partial charge is 0.381 e. The molecule has 0 atom stereocenters. The Labute approximate surface area is 117 Å². The Bertz CT molecular complexity index is 614. The third-order valence-electron chi connectivity index (χ3n) is 2.78. The van der Waals surface area contributed by atoms with Crippen LogP contribution in [0.25, 0.3) is 0 Å². The van der Waals surface area contributed by atoms with Crippen molar-refractivity contribution in [2.75, 3.05) is 5.32 Å². The van der Waals surface area contributed by atoms with Gasteiger partial charge in [0.05, 0.1) is 4.47 Å². The average Bonchev–Trinajstić information content (AvgIpc) is 2.38. The summed E-state index contributed by atoms with van der Waals surface area (Å²) < 4.78 is 40.7. The maximum absolute atomic E-state index is 13.7. The second-order valence-corrected chi connectivity index (χ2v) is 4.99. The van der Waals surface area contributed by atoms with Gasteiger partial charge in [0.2, 0.25) is 0 Å². The summed E-state index contributed by atoms with van der Waals surface area (Å²) >= 11 is 3.00. The Kier molecular flexibility index (Phi) is 4.14. The van der Waals surface area contributed by atoms with Gasteiger partial charge in [-0.1, -0.05) is 6.07 Å². The summed E-state index contributed by atoms with van der Waals surface area (Å²) in [4.78, 5) is 0. The fourth-order valence-corrected chi connectivity index (χ4v) is 2.00. The molecule has 0 aromatic heterocycles. The zero-order valence-electron chi connectivity index (χ0n) is 10.1. The van der Waals surface area contributed by atoms with Crippen molar-refractivity contribution in [2.45, 2.75) is 13.5 Å². The van der Waals surface area contributed by atoms with Crippen molar-refractivity contribution in [1.82, 2.24) is 0 Å². The molecule has 2 aromatic carbocycles. The number of hydrogen-bond donors (Lipinski definition) is 1. The topological polar surface area (TPSA) is 12.0 Å². The molecule has 0 unspecified atom stereocenters. The van der Waals surface area contributed by atoms with E-state index in [9.17, 15) is 13.2 Å². The maximum Gasteiger partial charge on any atom is 0.145 e. The number of aryl methyl sites for hydroxylation is 1. The van der Waals surface area contributed by atoms with E-state index in [-0.39, 0.29) is 22.4 Å². The summed E-state index contributed by atoms with van der Waals surface area (Å²) in [6.45, 7) is 1.59. The van der Waals surface area contributed by atoms with Gasteiger partial charge in [-0.3, -0.25) is 0 Å². The molecular weight excluding hydrogens is 319 g/mol. The van der Waals surface area contributed by atoms with Crippen LogP contribution in [0, 0.1) is 24.4 Å². The molecule has 0 saturated carbocycles. The Morgan fingerprint density at radius 3 is 2.47 bits per heavy atom. The van der Waals surface area contributed by atoms with Crippen molar-refractivity contribution in [3.05, 3.63) is 63.4 Å². The van der Waals surface area contributed by atoms with Crippen molar-refractivity contribution in [1.29, 1.82) is 0 Å². The van der Waals surface area contributed by atoms with Crippen molar-refractivity contribution in [2.24, 2.45) is 0 Å². The molecule has 0 radical (unpaired) electrons. The standard InChI is InChI=1S/C14H11BrF3N/c1-8-2-3-9(6-13(8)17)19-7-10-12(16)5-4-11(15)14(10)18/h2-6,19H,7H2,1H3. The molecule has 0 amide bonds. The quantitative estimate of drug-likeness (QED) is 0.798. The Hall–Kier alpha value is -1.49. The lowest BCUT2D eigenvalue weighted by atomic mass is 10.1. The molecule has 5 heteroatoms. The van der Waals surface area contributed by atoms with Crippen LogP contribution in [-0.2, 0) is 6.54 Å². The van der Waals surface area contributed by atoms with Gasteiger partial charge in [0.15, 0.2) is 0 Å². The minimum absolute atomic E-state index is 0.0559. The minimum atomic E-state index is -0.653. The first kappa shape index (κ1) is 13.9. The van der Waals surface area contributed by atoms with Crippen LogP contribution in [-0.4, -0.2) is 0 Å². The zero-order chi connectivity index (χ0) is 14.0. The van der Waals surface area contributed by atoms with Crippen molar-refractivity contribution < 1.29 is 13.2 Å². The first-order valence-corrected chi connectivity index (χ1v) is 6.40. The van der Waals surface area contributed by atoms with E-state index in [4.69, 9.17) is 0 Å². The van der Waals surface area contributed by atoms with Crippen LogP contribution in [0.2, 0.25) is 0 Å². The molecule has 100 valence electrons. The number of rotatable bonds is 3. The van der Waals surface area contributed by atoms with Gasteiger partial charge in [0.1, 0.15) is 17.5 Å². The highest BCUT2D eigenvalue weighted by Gasteiger charge is 2.12. The van der Waals surface area contributed by atoms with Crippen LogP contribution >= 0.6 is 15.9 Å². The van der Waals surface area contributed by atoms with Crippen LogP contribution < -0.4 is 5.32 Å². The monoisotopic (exact) mass is 329 g/mol. The van der Waals surface area contributed by atoms with Gasteiger partial charge in [-0.15, -0.1) is 0 Å². The second kappa shape index (κ2) is 5.65. The SMILES string of the molecule is Cc1ccc(NCc2c(F)ccc(Br)c2F)cc1F. The molecule has 0 aliphatic carbocycles. The third-order valence-corrected chi connectivity index (χ3v) is 3.39. The summed E-state index contributed by atoms with van der Waals surface area (Å²) in [7, 11) is 0. The van der Waals surface area contributed by atoms with Gasteiger partial charge in [0.25, 0.3) is 0 Å². The van der Waals surface area contributed by atoms with E-state index in [1.807, 2.05) is 0 Å². The highest BCUT2D eigenvalue weighted by Crippen LogP contribution is 2.23. The van der Waals surface area contributed by atoms with E-state index >= 15 is 0 Å². The van der Waals surface area contributed by atoms with Crippen LogP contribution in [0.5, 0.6) is 0 Å². The van der Waals surface area contributed by atoms with Gasteiger partial charge in [-0.2, -0.15) is 0 Å². The van der Waals surface area contributed by atoms with E-state index in [1.165, 1.54) is 18.2 Å². The lowest BCUT2D eigenvalue weighted by Gasteiger charge is -2.10. The number of nitrogens with one attached hydrogen (secondary N) is 1. The summed E-state index contributed by atoms with van der Waals surface area (Å²) in [6, 6.07) is 7.04. The van der Waals surface area contributed by atoms with Crippen molar-refractivity contribution in [3.8, 4) is 0 Å². The molecule has 0 fully saturated rings. The maximum atomic E-state index is 13.7. The molecule has 0 aliphatic heterocycles. The molecule has 2 rings (SSSR count). The van der Waals surface area contributed by atoms with Gasteiger partial charge in [-0.05, 0) is 52.7 Å². The first-order chi connectivity index (χ1) is 8.99. The van der Waals surface area contributed by atoms with E-state index in [0.29, 0.717) is 11.3 Å². The molecule has 2 aromatic rings. The normalized spacial score (nSPS) is 10.6. The Morgan fingerprint density at radius 2 is 1.79 bits per heavy atom. The lowest BCUT2D eigenvalue weighted by molar-refractivity contribution is 0.555. The Morgan fingerprint density at radius 1 is 1.05 bits per heavy atom. The molecule has 0 spiro atoms. The molecule has 0 saturated heterocycles. The first-order valence-electron chi connectivity index (χ1n) is 5.61. The molecule has 0 heterocycles. The van der Waals surface area contributed by atoms with Crippen molar-refractivity contribution >= 4 is 21.6 Å². The number of hydrogen-bond acceptors (Lipinski definition) is 1. The summed E-state index contributed by atoms with van der Waals surface area (Å²) in [5.41, 5.74) is 0.905. The third kappa shape index (κ3) is 3.10. The van der Waals surface area contributed by atoms with Gasteiger partial charge < -0.3 is 5.32 Å². The van der Waals surface area contributed by atoms with Gasteiger partial charge in [0, 0.05) is 17.8 Å². The van der Waals surface area contributed by atoms with Crippen LogP contribution in [0.3, 0.4) is 0 Å². The number of anilines is 1. The summed E-state index contributed by atoms with van der Waals surface area (Å²) in [6.07, 6.45) is 0. The molecule has 0 aliphatic rings. The minimum Gasteiger partial charge on any atom is -0.381 e. The smallest absolute Gasteiger partial charge is 0.145 e. The lowest BCUT2D eigenvalue weighted by Crippen LogP contribution is -2.05. The highest BCUT2D eigenvalue weighted by molar-refractivity contribution is 9.10. The van der Waals surface area contributed by atoms with E-state index in [0.717, 1.165) is 0 Å². The van der Waals surface area contributed by atoms with E-state index in [1.54, 1.807) is 19.1 Å². The summed E-state index contributed by atoms with van der Waals surface area (Å²) in [5, 5.41) is 2.80. The fraction of sp³-hybridized carbons (Fsp3) is 0.143. The van der Waals surface area contributed by atoms with E-state index in [2.05, 4.69) is 21.2 Å². The molecule has 19 heavy (non-hydrogen) atoms. The van der Waals surface area contributed by atoms with Crippen LogP contribution in [0.15, 0.2) is 34.8 Å². The highest BCUT2D eigenvalue weighted by atomic mass is 79.9. The predicted molar refractivity (Wildman–Crippen MR) is 72.5 cm³/mol. The van der Waals surface area contributed by atoms with Gasteiger partial charge >= 0.3 is 0 Å². The molecule has 0 bridgehead atoms. The average molecular weight is 330 g/mol. The number of halogens is 4. The Balaban J connectivity index is 2.19. The number of benzene rings is 2. The van der Waals surface area contributed by atoms with E-state index < -0.39 is 11.6 Å². The second-order valence-electron chi connectivity index (χ2n) is 4.14. The zero-order valence-corrected chi connectivity index (χ0v) is 11.7. The van der Waals surface area contributed by atoms with Crippen LogP contribution in [0.1, 0.15) is 11.1 Å². The van der Waals surface area contributed by atoms with Crippen LogP contribution in [0.4, 0.5) is 18.9 Å². The predicted octanol–water partition coefficient (Wildman–Crippen LogP) is 4.79. The van der Waals surface area contributed by atoms with Crippen molar-refractivity contribution in [3.63, 3.8) is 0 Å². The molecule has 1 nitrogen and oxygen atoms in total. The van der Waals surface area contributed by atoms with Gasteiger partial charge in [-0.25, -0.2) is 13.2 Å². The molecular formula is C14H11BrF3N.